The number of phenolic OH excluding ortho intramolecular Hbond substituents is 1. The predicted octanol–water partition coefficient (Wildman–Crippen LogP) is 0.144. The normalized spacial score (nSPS) is 24.2. The van der Waals surface area contributed by atoms with Gasteiger partial charge >= 0.3 is 10.9 Å². The zero-order valence-electron chi connectivity index (χ0n) is 17.7. The maximum Gasteiger partial charge on any atom is 0.328 e. The molecule has 0 spiro atoms. The number of urea groups is 1. The lowest BCUT2D eigenvalue weighted by Crippen LogP contribution is -2.43. The number of aromatic hydroxyl groups is 1. The minimum atomic E-state index is -1.18. The fourth-order valence-electron chi connectivity index (χ4n) is 4.61. The van der Waals surface area contributed by atoms with Gasteiger partial charge in [0.15, 0.2) is 0 Å². The molecule has 2 fully saturated rings. The number of nitrogens with zero attached hydrogens (tertiary/aromatic N) is 3. The number of morpholine rings is 1. The van der Waals surface area contributed by atoms with Crippen LogP contribution in [0.2, 0.25) is 0 Å². The molecule has 5 rings (SSSR count). The first-order chi connectivity index (χ1) is 16.3. The Morgan fingerprint density at radius 1 is 1.12 bits per heavy atom. The molecule has 0 saturated carbocycles. The lowest BCUT2D eigenvalue weighted by Gasteiger charge is -2.31. The second-order valence-corrected chi connectivity index (χ2v) is 10.2. The first-order valence-electron chi connectivity index (χ1n) is 10.5. The Morgan fingerprint density at radius 3 is 2.50 bits per heavy atom. The van der Waals surface area contributed by atoms with Gasteiger partial charge in [0, 0.05) is 29.4 Å². The SMILES string of the molecule is NC(=O)N1C(=O)C2Sc3c(sc(=O)n3CC(=O)N3CCOCC3)[C@@H](c3ccccc3O)C2C1=O. The Labute approximate surface area is 201 Å². The van der Waals surface area contributed by atoms with Gasteiger partial charge < -0.3 is 20.5 Å². The van der Waals surface area contributed by atoms with E-state index >= 15 is 0 Å². The number of primary amides is 1. The van der Waals surface area contributed by atoms with E-state index in [0.29, 0.717) is 46.7 Å². The number of hydrogen-bond donors (Lipinski definition) is 2. The maximum atomic E-state index is 13.1. The number of likely N-dealkylation sites (tertiary alicyclic amines) is 1. The fraction of sp³-hybridized carbons (Fsp3) is 0.381. The average molecular weight is 505 g/mol. The summed E-state index contributed by atoms with van der Waals surface area (Å²) in [6.45, 7) is 1.42. The van der Waals surface area contributed by atoms with Crippen LogP contribution in [-0.4, -0.2) is 74.8 Å². The molecule has 2 unspecified atom stereocenters. The Bertz CT molecular complexity index is 1270. The standard InChI is InChI=1S/C21H20N4O7S2/c22-20(30)25-17(28)14-13(10-3-1-2-4-11(10)26)16-19(33-15(14)18(25)29)24(21(31)34-16)9-12(27)23-5-7-32-8-6-23/h1-4,13-15,26H,5-9H2,(H2,22,30)/t13-,14?,15?/m0/s1. The van der Waals surface area contributed by atoms with E-state index < -0.39 is 39.8 Å². The molecule has 13 heteroatoms. The van der Waals surface area contributed by atoms with Crippen molar-refractivity contribution in [1.82, 2.24) is 14.4 Å². The molecule has 34 heavy (non-hydrogen) atoms. The van der Waals surface area contributed by atoms with Gasteiger partial charge in [-0.25, -0.2) is 4.79 Å². The molecule has 11 nitrogen and oxygen atoms in total. The summed E-state index contributed by atoms with van der Waals surface area (Å²) < 4.78 is 6.57. The van der Waals surface area contributed by atoms with Crippen LogP contribution in [0.15, 0.2) is 34.1 Å². The number of fused-ring (bicyclic) bond motifs is 2. The number of aromatic nitrogens is 1. The van der Waals surface area contributed by atoms with Crippen molar-refractivity contribution in [2.45, 2.75) is 22.7 Å². The molecular formula is C21H20N4O7S2. The van der Waals surface area contributed by atoms with Gasteiger partial charge in [-0.1, -0.05) is 41.3 Å². The van der Waals surface area contributed by atoms with Crippen LogP contribution < -0.4 is 10.6 Å². The van der Waals surface area contributed by atoms with Crippen molar-refractivity contribution in [2.24, 2.45) is 11.7 Å². The molecule has 2 saturated heterocycles. The first kappa shape index (κ1) is 22.6. The average Bonchev–Trinajstić information content (AvgIpc) is 3.26. The number of thioether (sulfide) groups is 1. The quantitative estimate of drug-likeness (QED) is 0.560. The number of carbonyl (C=O) groups is 4. The highest BCUT2D eigenvalue weighted by molar-refractivity contribution is 8.00. The predicted molar refractivity (Wildman–Crippen MR) is 120 cm³/mol. The Balaban J connectivity index is 1.61. The number of ether oxygens (including phenoxy) is 1. The monoisotopic (exact) mass is 504 g/mol. The number of amides is 5. The molecule has 3 aliphatic heterocycles. The van der Waals surface area contributed by atoms with Crippen molar-refractivity contribution in [3.63, 3.8) is 0 Å². The summed E-state index contributed by atoms with van der Waals surface area (Å²) in [5.41, 5.74) is 5.65. The summed E-state index contributed by atoms with van der Waals surface area (Å²) in [5, 5.41) is 9.91. The molecule has 4 heterocycles. The number of hydrogen-bond acceptors (Lipinski definition) is 9. The molecule has 0 radical (unpaired) electrons. The van der Waals surface area contributed by atoms with Crippen LogP contribution in [0, 0.1) is 5.92 Å². The molecule has 0 bridgehead atoms. The van der Waals surface area contributed by atoms with E-state index in [2.05, 4.69) is 0 Å². The highest BCUT2D eigenvalue weighted by Crippen LogP contribution is 2.54. The van der Waals surface area contributed by atoms with Gasteiger partial charge in [-0.15, -0.1) is 0 Å². The largest absolute Gasteiger partial charge is 0.508 e. The van der Waals surface area contributed by atoms with Gasteiger partial charge in [-0.3, -0.25) is 23.7 Å². The lowest BCUT2D eigenvalue weighted by molar-refractivity contribution is -0.137. The van der Waals surface area contributed by atoms with Crippen LogP contribution in [-0.2, 0) is 25.7 Å². The van der Waals surface area contributed by atoms with Crippen molar-refractivity contribution < 1.29 is 29.0 Å². The highest BCUT2D eigenvalue weighted by atomic mass is 32.2. The lowest BCUT2D eigenvalue weighted by atomic mass is 9.82. The second kappa shape index (κ2) is 8.56. The van der Waals surface area contributed by atoms with Crippen molar-refractivity contribution >= 4 is 46.9 Å². The van der Waals surface area contributed by atoms with Gasteiger partial charge in [0.2, 0.25) is 11.8 Å². The maximum absolute atomic E-state index is 13.1. The number of benzene rings is 1. The molecule has 3 aliphatic rings. The van der Waals surface area contributed by atoms with E-state index in [1.165, 1.54) is 10.6 Å². The number of nitrogens with two attached hydrogens (primary N) is 1. The number of imide groups is 3. The van der Waals surface area contributed by atoms with Crippen LogP contribution in [0.25, 0.3) is 0 Å². The molecule has 1 aromatic carbocycles. The molecule has 2 aromatic rings. The third-order valence-corrected chi connectivity index (χ3v) is 8.80. The molecule has 0 aliphatic carbocycles. The van der Waals surface area contributed by atoms with Gasteiger partial charge in [0.05, 0.1) is 24.2 Å². The van der Waals surface area contributed by atoms with Gasteiger partial charge in [0.1, 0.15) is 17.5 Å². The molecule has 5 amide bonds. The van der Waals surface area contributed by atoms with E-state index in [1.54, 1.807) is 23.1 Å². The van der Waals surface area contributed by atoms with Crippen LogP contribution in [0.1, 0.15) is 16.4 Å². The van der Waals surface area contributed by atoms with E-state index in [0.717, 1.165) is 23.1 Å². The Morgan fingerprint density at radius 2 is 1.82 bits per heavy atom. The zero-order chi connectivity index (χ0) is 24.1. The Hall–Kier alpha value is -3.16. The summed E-state index contributed by atoms with van der Waals surface area (Å²) in [6, 6.07) is 5.15. The Kier molecular flexibility index (Phi) is 5.70. The minimum absolute atomic E-state index is 0.112. The first-order valence-corrected chi connectivity index (χ1v) is 12.2. The summed E-state index contributed by atoms with van der Waals surface area (Å²) >= 11 is 1.84. The van der Waals surface area contributed by atoms with Crippen molar-refractivity contribution in [2.75, 3.05) is 26.3 Å². The summed E-state index contributed by atoms with van der Waals surface area (Å²) in [7, 11) is 0. The smallest absolute Gasteiger partial charge is 0.328 e. The van der Waals surface area contributed by atoms with Crippen molar-refractivity contribution in [1.29, 1.82) is 0 Å². The summed E-state index contributed by atoms with van der Waals surface area (Å²) in [4.78, 5) is 65.9. The third-order valence-electron chi connectivity index (χ3n) is 6.20. The molecule has 3 atom stereocenters. The zero-order valence-corrected chi connectivity index (χ0v) is 19.3. The van der Waals surface area contributed by atoms with Crippen molar-refractivity contribution in [3.05, 3.63) is 44.4 Å². The van der Waals surface area contributed by atoms with E-state index in [9.17, 15) is 29.1 Å². The third kappa shape index (κ3) is 3.51. The van der Waals surface area contributed by atoms with Crippen LogP contribution in [0.3, 0.4) is 0 Å². The van der Waals surface area contributed by atoms with Gasteiger partial charge in [-0.2, -0.15) is 4.90 Å². The van der Waals surface area contributed by atoms with Crippen molar-refractivity contribution in [3.8, 4) is 5.75 Å². The van der Waals surface area contributed by atoms with Gasteiger partial charge in [-0.05, 0) is 6.07 Å². The molecular weight excluding hydrogens is 484 g/mol. The van der Waals surface area contributed by atoms with E-state index in [-0.39, 0.29) is 18.2 Å². The van der Waals surface area contributed by atoms with Crippen LogP contribution >= 0.6 is 23.1 Å². The number of phenols is 1. The second-order valence-electron chi connectivity index (χ2n) is 8.07. The molecule has 178 valence electrons. The number of para-hydroxylation sites is 1. The van der Waals surface area contributed by atoms with Crippen LogP contribution in [0.4, 0.5) is 4.79 Å². The van der Waals surface area contributed by atoms with Gasteiger partial charge in [0.25, 0.3) is 5.91 Å². The van der Waals surface area contributed by atoms with Crippen LogP contribution in [0.5, 0.6) is 5.75 Å². The van der Waals surface area contributed by atoms with E-state index in [4.69, 9.17) is 10.5 Å². The number of carbonyl (C=O) groups excluding carboxylic acids is 4. The fourth-order valence-corrected chi connectivity index (χ4v) is 7.37. The number of thiazole rings is 1. The minimum Gasteiger partial charge on any atom is -0.508 e. The topological polar surface area (TPSA) is 152 Å². The number of rotatable bonds is 3. The summed E-state index contributed by atoms with van der Waals surface area (Å²) in [6.07, 6.45) is 0. The van der Waals surface area contributed by atoms with E-state index in [1.807, 2.05) is 0 Å². The molecule has 1 aromatic heterocycles. The summed E-state index contributed by atoms with van der Waals surface area (Å²) in [5.74, 6) is -3.82. The highest BCUT2D eigenvalue weighted by Gasteiger charge is 2.58. The molecule has 3 N–H and O–H groups in total.